The molecule has 84 valence electrons. The van der Waals surface area contributed by atoms with Crippen LogP contribution in [0.25, 0.3) is 16.9 Å². The van der Waals surface area contributed by atoms with Gasteiger partial charge in [-0.05, 0) is 24.3 Å². The molecule has 0 bridgehead atoms. The van der Waals surface area contributed by atoms with Gasteiger partial charge in [-0.3, -0.25) is 4.98 Å². The standard InChI is InChI=1S/C12H11N5/c13-7-10-8-17-12(15-10)2-1-11(16-17)9-3-5-14-6-4-9/h1-6,8H,7,13H2. The van der Waals surface area contributed by atoms with Crippen LogP contribution < -0.4 is 5.73 Å². The van der Waals surface area contributed by atoms with E-state index in [1.54, 1.807) is 16.9 Å². The Kier molecular flexibility index (Phi) is 2.31. The zero-order valence-electron chi connectivity index (χ0n) is 9.11. The molecule has 0 saturated heterocycles. The molecule has 3 aromatic rings. The van der Waals surface area contributed by atoms with Crippen molar-refractivity contribution in [1.82, 2.24) is 19.6 Å². The van der Waals surface area contributed by atoms with Gasteiger partial charge in [-0.1, -0.05) is 0 Å². The molecule has 0 atom stereocenters. The summed E-state index contributed by atoms with van der Waals surface area (Å²) in [6, 6.07) is 7.73. The van der Waals surface area contributed by atoms with Gasteiger partial charge in [0.25, 0.3) is 0 Å². The van der Waals surface area contributed by atoms with E-state index in [1.807, 2.05) is 30.5 Å². The molecule has 5 nitrogen and oxygen atoms in total. The number of imidazole rings is 1. The highest BCUT2D eigenvalue weighted by molar-refractivity contribution is 5.59. The average Bonchev–Trinajstić information content (AvgIpc) is 2.81. The Morgan fingerprint density at radius 2 is 1.94 bits per heavy atom. The van der Waals surface area contributed by atoms with Crippen molar-refractivity contribution in [3.63, 3.8) is 0 Å². The van der Waals surface area contributed by atoms with Crippen LogP contribution in [0.3, 0.4) is 0 Å². The lowest BCUT2D eigenvalue weighted by atomic mass is 10.2. The van der Waals surface area contributed by atoms with Crippen molar-refractivity contribution in [3.8, 4) is 11.3 Å². The number of fused-ring (bicyclic) bond motifs is 1. The molecule has 0 aromatic carbocycles. The second kappa shape index (κ2) is 3.95. The Hall–Kier alpha value is -2.27. The second-order valence-electron chi connectivity index (χ2n) is 3.69. The van der Waals surface area contributed by atoms with Crippen LogP contribution >= 0.6 is 0 Å². The number of rotatable bonds is 2. The number of nitrogens with two attached hydrogens (primary N) is 1. The Bertz CT molecular complexity index is 644. The number of hydrogen-bond donors (Lipinski definition) is 1. The Morgan fingerprint density at radius 1 is 1.12 bits per heavy atom. The summed E-state index contributed by atoms with van der Waals surface area (Å²) in [6.45, 7) is 0.425. The maximum atomic E-state index is 5.55. The monoisotopic (exact) mass is 225 g/mol. The maximum absolute atomic E-state index is 5.55. The summed E-state index contributed by atoms with van der Waals surface area (Å²) in [5, 5.41) is 4.48. The van der Waals surface area contributed by atoms with E-state index in [-0.39, 0.29) is 0 Å². The normalized spacial score (nSPS) is 10.9. The molecule has 0 aliphatic carbocycles. The first-order valence-corrected chi connectivity index (χ1v) is 5.32. The largest absolute Gasteiger partial charge is 0.325 e. The molecule has 3 heterocycles. The third kappa shape index (κ3) is 1.76. The molecular weight excluding hydrogens is 214 g/mol. The highest BCUT2D eigenvalue weighted by Crippen LogP contribution is 2.15. The van der Waals surface area contributed by atoms with Crippen molar-refractivity contribution in [2.45, 2.75) is 6.54 Å². The molecular formula is C12H11N5. The number of aromatic nitrogens is 4. The Balaban J connectivity index is 2.13. The Morgan fingerprint density at radius 3 is 2.71 bits per heavy atom. The molecule has 3 aromatic heterocycles. The lowest BCUT2D eigenvalue weighted by molar-refractivity contribution is 0.934. The molecule has 0 aliphatic heterocycles. The molecule has 0 aliphatic rings. The Labute approximate surface area is 97.9 Å². The summed E-state index contributed by atoms with van der Waals surface area (Å²) in [7, 11) is 0. The highest BCUT2D eigenvalue weighted by atomic mass is 15.2. The van der Waals surface area contributed by atoms with E-state index < -0.39 is 0 Å². The third-order valence-corrected chi connectivity index (χ3v) is 2.56. The fourth-order valence-electron chi connectivity index (χ4n) is 1.71. The summed E-state index contributed by atoms with van der Waals surface area (Å²) < 4.78 is 1.75. The van der Waals surface area contributed by atoms with Crippen LogP contribution in [0.15, 0.2) is 42.9 Å². The second-order valence-corrected chi connectivity index (χ2v) is 3.69. The first-order valence-electron chi connectivity index (χ1n) is 5.32. The van der Waals surface area contributed by atoms with Crippen LogP contribution in [0.2, 0.25) is 0 Å². The van der Waals surface area contributed by atoms with Crippen LogP contribution in [0.1, 0.15) is 5.69 Å². The van der Waals surface area contributed by atoms with E-state index in [2.05, 4.69) is 15.1 Å². The number of hydrogen-bond acceptors (Lipinski definition) is 4. The summed E-state index contributed by atoms with van der Waals surface area (Å²) in [5.74, 6) is 0. The first-order chi connectivity index (χ1) is 8.36. The third-order valence-electron chi connectivity index (χ3n) is 2.56. The molecule has 0 fully saturated rings. The van der Waals surface area contributed by atoms with Crippen molar-refractivity contribution in [3.05, 3.63) is 48.5 Å². The summed E-state index contributed by atoms with van der Waals surface area (Å²) in [5.41, 5.74) is 9.12. The van der Waals surface area contributed by atoms with Crippen molar-refractivity contribution in [1.29, 1.82) is 0 Å². The fraction of sp³-hybridized carbons (Fsp3) is 0.0833. The minimum atomic E-state index is 0.425. The lowest BCUT2D eigenvalue weighted by Crippen LogP contribution is -1.95. The molecule has 0 radical (unpaired) electrons. The van der Waals surface area contributed by atoms with Gasteiger partial charge in [0, 0.05) is 24.5 Å². The van der Waals surface area contributed by atoms with Crippen molar-refractivity contribution in [2.75, 3.05) is 0 Å². The molecule has 17 heavy (non-hydrogen) atoms. The minimum absolute atomic E-state index is 0.425. The molecule has 5 heteroatoms. The van der Waals surface area contributed by atoms with Crippen LogP contribution in [-0.4, -0.2) is 19.6 Å². The van der Waals surface area contributed by atoms with Gasteiger partial charge < -0.3 is 5.73 Å². The molecule has 2 N–H and O–H groups in total. The van der Waals surface area contributed by atoms with Crippen LogP contribution in [0.5, 0.6) is 0 Å². The number of nitrogens with zero attached hydrogens (tertiary/aromatic N) is 4. The zero-order chi connectivity index (χ0) is 11.7. The minimum Gasteiger partial charge on any atom is -0.325 e. The quantitative estimate of drug-likeness (QED) is 0.712. The zero-order valence-corrected chi connectivity index (χ0v) is 9.11. The van der Waals surface area contributed by atoms with Crippen molar-refractivity contribution < 1.29 is 0 Å². The predicted molar refractivity (Wildman–Crippen MR) is 64.1 cm³/mol. The van der Waals surface area contributed by atoms with E-state index in [9.17, 15) is 0 Å². The van der Waals surface area contributed by atoms with E-state index in [0.717, 1.165) is 22.6 Å². The van der Waals surface area contributed by atoms with E-state index >= 15 is 0 Å². The van der Waals surface area contributed by atoms with Crippen LogP contribution in [0.4, 0.5) is 0 Å². The van der Waals surface area contributed by atoms with Gasteiger partial charge in [-0.2, -0.15) is 5.10 Å². The topological polar surface area (TPSA) is 69.1 Å². The van der Waals surface area contributed by atoms with E-state index in [0.29, 0.717) is 6.54 Å². The van der Waals surface area contributed by atoms with Gasteiger partial charge in [-0.15, -0.1) is 0 Å². The predicted octanol–water partition coefficient (Wildman–Crippen LogP) is 1.25. The van der Waals surface area contributed by atoms with Crippen LogP contribution in [0, 0.1) is 0 Å². The molecule has 0 saturated carbocycles. The van der Waals surface area contributed by atoms with Gasteiger partial charge in [-0.25, -0.2) is 9.50 Å². The van der Waals surface area contributed by atoms with Gasteiger partial charge in [0.05, 0.1) is 17.6 Å². The lowest BCUT2D eigenvalue weighted by Gasteiger charge is -2.00. The van der Waals surface area contributed by atoms with Crippen LogP contribution in [-0.2, 0) is 6.54 Å². The molecule has 0 spiro atoms. The van der Waals surface area contributed by atoms with E-state index in [1.165, 1.54) is 0 Å². The summed E-state index contributed by atoms with van der Waals surface area (Å²) in [4.78, 5) is 8.32. The fourth-order valence-corrected chi connectivity index (χ4v) is 1.71. The van der Waals surface area contributed by atoms with Crippen molar-refractivity contribution in [2.24, 2.45) is 5.73 Å². The molecule has 0 amide bonds. The molecule has 0 unspecified atom stereocenters. The average molecular weight is 225 g/mol. The smallest absolute Gasteiger partial charge is 0.153 e. The van der Waals surface area contributed by atoms with Gasteiger partial charge >= 0.3 is 0 Å². The SMILES string of the molecule is NCc1cn2nc(-c3ccncc3)ccc2n1. The number of pyridine rings is 1. The van der Waals surface area contributed by atoms with Crippen molar-refractivity contribution >= 4 is 5.65 Å². The molecule has 3 rings (SSSR count). The summed E-state index contributed by atoms with van der Waals surface area (Å²) >= 11 is 0. The van der Waals surface area contributed by atoms with Gasteiger partial charge in [0.15, 0.2) is 5.65 Å². The highest BCUT2D eigenvalue weighted by Gasteiger charge is 2.03. The van der Waals surface area contributed by atoms with E-state index in [4.69, 9.17) is 5.73 Å². The summed E-state index contributed by atoms with van der Waals surface area (Å²) in [6.07, 6.45) is 5.35. The van der Waals surface area contributed by atoms with Gasteiger partial charge in [0.2, 0.25) is 0 Å². The van der Waals surface area contributed by atoms with Gasteiger partial charge in [0.1, 0.15) is 0 Å². The maximum Gasteiger partial charge on any atom is 0.153 e. The first kappa shape index (κ1) is 9.92.